The van der Waals surface area contributed by atoms with Gasteiger partial charge in [-0.3, -0.25) is 9.69 Å². The summed E-state index contributed by atoms with van der Waals surface area (Å²) in [6, 6.07) is 0.166. The molecule has 0 aromatic heterocycles. The summed E-state index contributed by atoms with van der Waals surface area (Å²) in [4.78, 5) is 13.9. The minimum Gasteiger partial charge on any atom is -0.396 e. The van der Waals surface area contributed by atoms with E-state index in [9.17, 15) is 4.79 Å². The van der Waals surface area contributed by atoms with Crippen LogP contribution in [-0.2, 0) is 9.53 Å². The molecule has 1 saturated heterocycles. The number of aliphatic hydroxyl groups is 1. The van der Waals surface area contributed by atoms with Gasteiger partial charge in [-0.25, -0.2) is 0 Å². The first-order valence-electron chi connectivity index (χ1n) is 6.52. The lowest BCUT2D eigenvalue weighted by Gasteiger charge is -2.30. The Morgan fingerprint density at radius 2 is 2.22 bits per heavy atom. The number of carbonyl (C=O) groups is 1. The maximum atomic E-state index is 11.8. The summed E-state index contributed by atoms with van der Waals surface area (Å²) in [5.74, 6) is -0.0130. The van der Waals surface area contributed by atoms with Gasteiger partial charge in [0.15, 0.2) is 0 Å². The number of aliphatic hydroxyl groups excluding tert-OH is 1. The zero-order chi connectivity index (χ0) is 13.4. The number of likely N-dealkylation sites (tertiary alicyclic amines) is 1. The van der Waals surface area contributed by atoms with E-state index in [1.807, 2.05) is 0 Å². The van der Waals surface area contributed by atoms with Crippen LogP contribution in [0.4, 0.5) is 0 Å². The van der Waals surface area contributed by atoms with Crippen molar-refractivity contribution < 1.29 is 14.6 Å². The average molecular weight is 259 g/mol. The maximum absolute atomic E-state index is 11.8. The van der Waals surface area contributed by atoms with E-state index in [2.05, 4.69) is 10.2 Å². The van der Waals surface area contributed by atoms with Crippen molar-refractivity contribution in [3.8, 4) is 0 Å². The van der Waals surface area contributed by atoms with Crippen molar-refractivity contribution in [1.82, 2.24) is 10.2 Å². The molecule has 1 rings (SSSR count). The smallest absolute Gasteiger partial charge is 0.234 e. The van der Waals surface area contributed by atoms with Crippen LogP contribution < -0.4 is 11.1 Å². The average Bonchev–Trinajstić information content (AvgIpc) is 2.33. The van der Waals surface area contributed by atoms with E-state index in [-0.39, 0.29) is 24.6 Å². The number of ether oxygens (including phenoxy) is 1. The summed E-state index contributed by atoms with van der Waals surface area (Å²) in [7, 11) is 1.59. The molecule has 1 fully saturated rings. The number of methoxy groups -OCH3 is 1. The van der Waals surface area contributed by atoms with Crippen molar-refractivity contribution >= 4 is 5.91 Å². The van der Waals surface area contributed by atoms with Crippen molar-refractivity contribution in [2.45, 2.75) is 31.3 Å². The Morgan fingerprint density at radius 3 is 2.78 bits per heavy atom. The second kappa shape index (κ2) is 8.42. The van der Waals surface area contributed by atoms with E-state index in [0.717, 1.165) is 25.9 Å². The molecule has 0 aliphatic carbocycles. The highest BCUT2D eigenvalue weighted by atomic mass is 16.5. The van der Waals surface area contributed by atoms with Gasteiger partial charge in [-0.15, -0.1) is 0 Å². The Kier molecular flexibility index (Phi) is 7.19. The van der Waals surface area contributed by atoms with Gasteiger partial charge in [0.1, 0.15) is 0 Å². The number of rotatable bonds is 7. The van der Waals surface area contributed by atoms with E-state index >= 15 is 0 Å². The Hall–Kier alpha value is -0.690. The summed E-state index contributed by atoms with van der Waals surface area (Å²) in [5.41, 5.74) is 5.82. The summed E-state index contributed by atoms with van der Waals surface area (Å²) in [6.45, 7) is 2.63. The number of piperidine rings is 1. The summed E-state index contributed by atoms with van der Waals surface area (Å²) >= 11 is 0. The van der Waals surface area contributed by atoms with E-state index in [1.54, 1.807) is 7.11 Å². The summed E-state index contributed by atoms with van der Waals surface area (Å²) in [5, 5.41) is 11.8. The fraction of sp³-hybridized carbons (Fsp3) is 0.917. The van der Waals surface area contributed by atoms with Gasteiger partial charge >= 0.3 is 0 Å². The fourth-order valence-electron chi connectivity index (χ4n) is 2.14. The lowest BCUT2D eigenvalue weighted by Crippen LogP contribution is -2.47. The molecule has 18 heavy (non-hydrogen) atoms. The standard InChI is InChI=1S/C12H25N3O3/c1-18-9-11(4-7-16)14-12(17)8-15-5-2-10(13)3-6-15/h10-11,16H,2-9,13H2,1H3,(H,14,17). The number of hydrogen-bond acceptors (Lipinski definition) is 5. The van der Waals surface area contributed by atoms with Gasteiger partial charge < -0.3 is 20.9 Å². The Balaban J connectivity index is 2.26. The highest BCUT2D eigenvalue weighted by Gasteiger charge is 2.19. The molecule has 1 unspecified atom stereocenters. The highest BCUT2D eigenvalue weighted by Crippen LogP contribution is 2.07. The topological polar surface area (TPSA) is 87.8 Å². The van der Waals surface area contributed by atoms with E-state index in [1.165, 1.54) is 0 Å². The molecule has 4 N–H and O–H groups in total. The molecule has 6 nitrogen and oxygen atoms in total. The monoisotopic (exact) mass is 259 g/mol. The van der Waals surface area contributed by atoms with Crippen LogP contribution >= 0.6 is 0 Å². The van der Waals surface area contributed by atoms with E-state index in [4.69, 9.17) is 15.6 Å². The van der Waals surface area contributed by atoms with Gasteiger partial charge in [0.25, 0.3) is 0 Å². The number of nitrogens with one attached hydrogen (secondary N) is 1. The van der Waals surface area contributed by atoms with Crippen LogP contribution in [0.5, 0.6) is 0 Å². The van der Waals surface area contributed by atoms with E-state index < -0.39 is 0 Å². The quantitative estimate of drug-likeness (QED) is 0.541. The third kappa shape index (κ3) is 5.77. The number of hydrogen-bond donors (Lipinski definition) is 3. The Morgan fingerprint density at radius 1 is 1.56 bits per heavy atom. The number of carbonyl (C=O) groups excluding carboxylic acids is 1. The molecule has 0 radical (unpaired) electrons. The fourth-order valence-corrected chi connectivity index (χ4v) is 2.14. The van der Waals surface area contributed by atoms with Crippen LogP contribution in [0.15, 0.2) is 0 Å². The molecule has 0 aromatic rings. The summed E-state index contributed by atoms with van der Waals surface area (Å²) < 4.78 is 5.01. The third-order valence-electron chi connectivity index (χ3n) is 3.21. The van der Waals surface area contributed by atoms with E-state index in [0.29, 0.717) is 19.6 Å². The van der Waals surface area contributed by atoms with Crippen LogP contribution in [0.3, 0.4) is 0 Å². The van der Waals surface area contributed by atoms with Crippen molar-refractivity contribution in [2.24, 2.45) is 5.73 Å². The lowest BCUT2D eigenvalue weighted by molar-refractivity contribution is -0.123. The Labute approximate surface area is 108 Å². The minimum absolute atomic E-state index is 0.0130. The molecule has 106 valence electrons. The molecule has 0 bridgehead atoms. The molecule has 1 aliphatic heterocycles. The molecule has 1 amide bonds. The Bertz CT molecular complexity index is 237. The predicted octanol–water partition coefficient (Wildman–Crippen LogP) is -1.08. The zero-order valence-electron chi connectivity index (χ0n) is 11.1. The van der Waals surface area contributed by atoms with Crippen molar-refractivity contribution in [3.63, 3.8) is 0 Å². The first-order valence-corrected chi connectivity index (χ1v) is 6.52. The minimum atomic E-state index is -0.112. The molecule has 0 spiro atoms. The van der Waals surface area contributed by atoms with Crippen molar-refractivity contribution in [3.05, 3.63) is 0 Å². The molecule has 6 heteroatoms. The van der Waals surface area contributed by atoms with Crippen LogP contribution in [0.1, 0.15) is 19.3 Å². The first kappa shape index (κ1) is 15.4. The lowest BCUT2D eigenvalue weighted by atomic mass is 10.1. The number of nitrogens with two attached hydrogens (primary N) is 1. The molecule has 1 atom stereocenters. The third-order valence-corrected chi connectivity index (χ3v) is 3.21. The largest absolute Gasteiger partial charge is 0.396 e. The van der Waals surface area contributed by atoms with Crippen LogP contribution in [0.25, 0.3) is 0 Å². The molecule has 1 aliphatic rings. The summed E-state index contributed by atoms with van der Waals surface area (Å²) in [6.07, 6.45) is 2.42. The van der Waals surface area contributed by atoms with Crippen molar-refractivity contribution in [2.75, 3.05) is 40.0 Å². The van der Waals surface area contributed by atoms with Crippen molar-refractivity contribution in [1.29, 1.82) is 0 Å². The second-order valence-corrected chi connectivity index (χ2v) is 4.85. The second-order valence-electron chi connectivity index (χ2n) is 4.85. The maximum Gasteiger partial charge on any atom is 0.234 e. The van der Waals surface area contributed by atoms with Crippen LogP contribution in [0.2, 0.25) is 0 Å². The number of amides is 1. The van der Waals surface area contributed by atoms with Gasteiger partial charge in [-0.1, -0.05) is 0 Å². The molecular weight excluding hydrogens is 234 g/mol. The van der Waals surface area contributed by atoms with Gasteiger partial charge in [0, 0.05) is 32.8 Å². The van der Waals surface area contributed by atoms with Crippen LogP contribution in [-0.4, -0.2) is 68.0 Å². The van der Waals surface area contributed by atoms with Gasteiger partial charge in [0.05, 0.1) is 19.2 Å². The molecular formula is C12H25N3O3. The zero-order valence-corrected chi connectivity index (χ0v) is 11.1. The highest BCUT2D eigenvalue weighted by molar-refractivity contribution is 5.78. The van der Waals surface area contributed by atoms with Crippen LogP contribution in [0, 0.1) is 0 Å². The van der Waals surface area contributed by atoms with Gasteiger partial charge in [-0.2, -0.15) is 0 Å². The van der Waals surface area contributed by atoms with Gasteiger partial charge in [0.2, 0.25) is 5.91 Å². The normalized spacial score (nSPS) is 19.7. The molecule has 1 heterocycles. The van der Waals surface area contributed by atoms with Gasteiger partial charge in [-0.05, 0) is 19.3 Å². The SMILES string of the molecule is COCC(CCO)NC(=O)CN1CCC(N)CC1. The molecule has 0 saturated carbocycles. The number of nitrogens with zero attached hydrogens (tertiary/aromatic N) is 1. The first-order chi connectivity index (χ1) is 8.65. The molecule has 0 aromatic carbocycles. The predicted molar refractivity (Wildman–Crippen MR) is 69.2 cm³/mol.